The Morgan fingerprint density at radius 2 is 1.60 bits per heavy atom. The summed E-state index contributed by atoms with van der Waals surface area (Å²) in [6.07, 6.45) is 2.30. The van der Waals surface area contributed by atoms with Crippen LogP contribution in [-0.4, -0.2) is 73.4 Å². The molecule has 14 heteroatoms. The van der Waals surface area contributed by atoms with Gasteiger partial charge >= 0.3 is 12.1 Å². The van der Waals surface area contributed by atoms with Crippen LogP contribution in [0.15, 0.2) is 72.8 Å². The Hall–Kier alpha value is -6.18. The first-order chi connectivity index (χ1) is 25.2. The molecule has 3 aromatic carbocycles. The average Bonchev–Trinajstić information content (AvgIpc) is 3.64. The molecule has 5 aromatic rings. The fraction of sp³-hybridized carbons (Fsp3) is 0.316. The normalized spacial score (nSPS) is 12.6. The number of carbonyl (C=O) groups excluding carboxylic acids is 2. The highest BCUT2D eigenvalue weighted by molar-refractivity contribution is 5.94. The SMILES string of the molecule is CCCCNc1nc(N)c2nc(O)n(Cc3ccc(C(=O)NCCCC[C@H](NC(=O)OCC4c5ccccc5-c5ccccc54)C(=O)O)cc3)c2n1. The van der Waals surface area contributed by atoms with Gasteiger partial charge in [0, 0.05) is 24.6 Å². The minimum absolute atomic E-state index is 0.0872. The molecule has 14 nitrogen and oxygen atoms in total. The zero-order valence-electron chi connectivity index (χ0n) is 28.8. The van der Waals surface area contributed by atoms with Crippen molar-refractivity contribution >= 4 is 40.9 Å². The van der Waals surface area contributed by atoms with Gasteiger partial charge in [0.05, 0.1) is 6.54 Å². The number of carboxylic acid groups (broad SMARTS) is 1. The van der Waals surface area contributed by atoms with Gasteiger partial charge in [-0.3, -0.25) is 9.36 Å². The number of anilines is 2. The van der Waals surface area contributed by atoms with Crippen LogP contribution in [0.25, 0.3) is 22.3 Å². The first-order valence-corrected chi connectivity index (χ1v) is 17.4. The van der Waals surface area contributed by atoms with Crippen molar-refractivity contribution in [3.8, 4) is 17.1 Å². The van der Waals surface area contributed by atoms with E-state index in [4.69, 9.17) is 10.5 Å². The molecular weight excluding hydrogens is 664 g/mol. The first-order valence-electron chi connectivity index (χ1n) is 17.4. The number of carboxylic acids is 1. The van der Waals surface area contributed by atoms with E-state index in [0.29, 0.717) is 48.6 Å². The molecule has 2 aromatic heterocycles. The lowest BCUT2D eigenvalue weighted by molar-refractivity contribution is -0.139. The highest BCUT2D eigenvalue weighted by Crippen LogP contribution is 2.44. The second-order valence-corrected chi connectivity index (χ2v) is 12.7. The van der Waals surface area contributed by atoms with Gasteiger partial charge in [-0.05, 0) is 65.6 Å². The van der Waals surface area contributed by atoms with Gasteiger partial charge in [-0.1, -0.05) is 74.0 Å². The monoisotopic (exact) mass is 706 g/mol. The van der Waals surface area contributed by atoms with Gasteiger partial charge < -0.3 is 36.6 Å². The number of hydrogen-bond donors (Lipinski definition) is 6. The maximum atomic E-state index is 12.8. The summed E-state index contributed by atoms with van der Waals surface area (Å²) in [5.74, 6) is -1.05. The first kappa shape index (κ1) is 35.6. The molecule has 6 rings (SSSR count). The number of rotatable bonds is 16. The zero-order chi connectivity index (χ0) is 36.6. The Labute approximate surface area is 300 Å². The summed E-state index contributed by atoms with van der Waals surface area (Å²) >= 11 is 0. The standard InChI is InChI=1S/C38H42N8O6/c1-2-3-19-41-36-44-32(39)31-33(45-36)46(37(50)43-31)21-23-15-17-24(18-16-23)34(47)40-20-9-8-14-30(35(48)49)42-38(51)52-22-29-27-12-6-4-10-25(27)26-11-5-7-13-28(26)29/h4-7,10-13,15-18,29-30H,2-3,8-9,14,19-22H2,1H3,(H,40,47)(H,42,51)(H,43,50)(H,48,49)(H3,39,41,44,45)/t30-/m0/s1. The van der Waals surface area contributed by atoms with E-state index in [0.717, 1.165) is 40.7 Å². The lowest BCUT2D eigenvalue weighted by Gasteiger charge is -2.17. The van der Waals surface area contributed by atoms with Crippen molar-refractivity contribution in [3.05, 3.63) is 95.1 Å². The summed E-state index contributed by atoms with van der Waals surface area (Å²) in [5.41, 5.74) is 12.4. The Bertz CT molecular complexity index is 2020. The molecule has 7 N–H and O–H groups in total. The fourth-order valence-corrected chi connectivity index (χ4v) is 6.37. The number of hydrogen-bond acceptors (Lipinski definition) is 10. The van der Waals surface area contributed by atoms with E-state index in [2.05, 4.69) is 37.8 Å². The number of fused-ring (bicyclic) bond motifs is 4. The van der Waals surface area contributed by atoms with E-state index >= 15 is 0 Å². The number of aliphatic carboxylic acids is 1. The number of benzene rings is 3. The van der Waals surface area contributed by atoms with Crippen LogP contribution in [0.4, 0.5) is 16.6 Å². The number of aromatic nitrogens is 4. The third kappa shape index (κ3) is 8.06. The van der Waals surface area contributed by atoms with Crippen molar-refractivity contribution < 1.29 is 29.3 Å². The second-order valence-electron chi connectivity index (χ2n) is 12.7. The maximum Gasteiger partial charge on any atom is 0.407 e. The molecule has 1 aliphatic rings. The smallest absolute Gasteiger partial charge is 0.407 e. The number of unbranched alkanes of at least 4 members (excludes halogenated alkanes) is 2. The van der Waals surface area contributed by atoms with E-state index in [1.54, 1.807) is 24.3 Å². The lowest BCUT2D eigenvalue weighted by atomic mass is 9.98. The van der Waals surface area contributed by atoms with Crippen LogP contribution in [0.2, 0.25) is 0 Å². The third-order valence-electron chi connectivity index (χ3n) is 9.11. The summed E-state index contributed by atoms with van der Waals surface area (Å²) in [6, 6.07) is 21.5. The summed E-state index contributed by atoms with van der Waals surface area (Å²) in [5, 5.41) is 28.7. The number of imidazole rings is 1. The quantitative estimate of drug-likeness (QED) is 0.0729. The molecule has 270 valence electrons. The molecule has 0 unspecified atom stereocenters. The predicted octanol–water partition coefficient (Wildman–Crippen LogP) is 5.27. The molecule has 0 aliphatic heterocycles. The molecule has 0 fully saturated rings. The van der Waals surface area contributed by atoms with Gasteiger partial charge in [0.1, 0.15) is 12.6 Å². The number of alkyl carbamates (subject to hydrolysis) is 1. The number of aromatic hydroxyl groups is 1. The topological polar surface area (TPSA) is 207 Å². The Morgan fingerprint density at radius 1 is 0.904 bits per heavy atom. The van der Waals surface area contributed by atoms with Gasteiger partial charge in [0.15, 0.2) is 17.0 Å². The van der Waals surface area contributed by atoms with E-state index in [1.807, 2.05) is 48.5 Å². The van der Waals surface area contributed by atoms with Crippen LogP contribution in [0, 0.1) is 0 Å². The van der Waals surface area contributed by atoms with E-state index in [-0.39, 0.29) is 43.2 Å². The predicted molar refractivity (Wildman–Crippen MR) is 196 cm³/mol. The molecule has 1 atom stereocenters. The minimum atomic E-state index is -1.16. The Kier molecular flexibility index (Phi) is 11.1. The molecule has 0 saturated heterocycles. The van der Waals surface area contributed by atoms with Crippen molar-refractivity contribution in [2.45, 2.75) is 57.5 Å². The molecule has 1 aliphatic carbocycles. The van der Waals surface area contributed by atoms with Crippen molar-refractivity contribution in [1.82, 2.24) is 30.2 Å². The average molecular weight is 707 g/mol. The highest BCUT2D eigenvalue weighted by atomic mass is 16.5. The number of nitrogens with two attached hydrogens (primary N) is 1. The van der Waals surface area contributed by atoms with Crippen molar-refractivity contribution in [2.75, 3.05) is 30.7 Å². The number of ether oxygens (including phenoxy) is 1. The summed E-state index contributed by atoms with van der Waals surface area (Å²) in [4.78, 5) is 50.2. The van der Waals surface area contributed by atoms with Gasteiger partial charge in [0.25, 0.3) is 11.9 Å². The third-order valence-corrected chi connectivity index (χ3v) is 9.11. The number of carbonyl (C=O) groups is 3. The highest BCUT2D eigenvalue weighted by Gasteiger charge is 2.30. The van der Waals surface area contributed by atoms with Crippen LogP contribution >= 0.6 is 0 Å². The van der Waals surface area contributed by atoms with Gasteiger partial charge in [-0.15, -0.1) is 0 Å². The molecule has 2 heterocycles. The van der Waals surface area contributed by atoms with Gasteiger partial charge in [-0.2, -0.15) is 15.0 Å². The zero-order valence-corrected chi connectivity index (χ0v) is 28.8. The van der Waals surface area contributed by atoms with E-state index in [1.165, 1.54) is 4.57 Å². The van der Waals surface area contributed by atoms with Crippen LogP contribution in [0.5, 0.6) is 6.01 Å². The van der Waals surface area contributed by atoms with Crippen molar-refractivity contribution in [3.63, 3.8) is 0 Å². The number of nitrogens with one attached hydrogen (secondary N) is 3. The largest absolute Gasteiger partial charge is 0.480 e. The molecular formula is C38H42N8O6. The number of nitrogen functional groups attached to an aromatic ring is 1. The molecule has 0 spiro atoms. The maximum absolute atomic E-state index is 12.8. The number of amides is 2. The second kappa shape index (κ2) is 16.2. The Morgan fingerprint density at radius 3 is 2.27 bits per heavy atom. The van der Waals surface area contributed by atoms with Gasteiger partial charge in [0.2, 0.25) is 5.95 Å². The van der Waals surface area contributed by atoms with Crippen molar-refractivity contribution in [2.24, 2.45) is 0 Å². The van der Waals surface area contributed by atoms with Crippen LogP contribution < -0.4 is 21.7 Å². The van der Waals surface area contributed by atoms with Crippen LogP contribution in [-0.2, 0) is 16.1 Å². The van der Waals surface area contributed by atoms with Crippen molar-refractivity contribution in [1.29, 1.82) is 0 Å². The fourth-order valence-electron chi connectivity index (χ4n) is 6.37. The molecule has 52 heavy (non-hydrogen) atoms. The molecule has 0 saturated carbocycles. The molecule has 2 amide bonds. The van der Waals surface area contributed by atoms with E-state index in [9.17, 15) is 24.6 Å². The van der Waals surface area contributed by atoms with Gasteiger partial charge in [-0.25, -0.2) is 9.59 Å². The van der Waals surface area contributed by atoms with E-state index < -0.39 is 18.1 Å². The van der Waals surface area contributed by atoms with Crippen LogP contribution in [0.3, 0.4) is 0 Å². The summed E-state index contributed by atoms with van der Waals surface area (Å²) in [6.45, 7) is 3.42. The lowest BCUT2D eigenvalue weighted by Crippen LogP contribution is -2.41. The van der Waals surface area contributed by atoms with Crippen LogP contribution in [0.1, 0.15) is 72.0 Å². The summed E-state index contributed by atoms with van der Waals surface area (Å²) < 4.78 is 7.04. The number of nitrogens with zero attached hydrogens (tertiary/aromatic N) is 4. The molecule has 0 bridgehead atoms. The molecule has 0 radical (unpaired) electrons. The summed E-state index contributed by atoms with van der Waals surface area (Å²) in [7, 11) is 0. The Balaban J connectivity index is 0.949. The minimum Gasteiger partial charge on any atom is -0.480 e.